The van der Waals surface area contributed by atoms with E-state index in [9.17, 15) is 18.0 Å². The van der Waals surface area contributed by atoms with Crippen molar-refractivity contribution in [1.29, 1.82) is 0 Å². The first-order valence-corrected chi connectivity index (χ1v) is 14.8. The summed E-state index contributed by atoms with van der Waals surface area (Å²) < 4.78 is 27.3. The Morgan fingerprint density at radius 3 is 2.10 bits per heavy atom. The molecule has 1 N–H and O–H groups in total. The maximum absolute atomic E-state index is 13.8. The summed E-state index contributed by atoms with van der Waals surface area (Å²) in [6.07, 6.45) is 0.222. The van der Waals surface area contributed by atoms with E-state index < -0.39 is 28.5 Å². The van der Waals surface area contributed by atoms with Gasteiger partial charge in [-0.25, -0.2) is 8.42 Å². The molecule has 3 aromatic carbocycles. The van der Waals surface area contributed by atoms with Gasteiger partial charge in [-0.3, -0.25) is 9.59 Å². The lowest BCUT2D eigenvalue weighted by Crippen LogP contribution is -2.53. The van der Waals surface area contributed by atoms with Crippen LogP contribution in [-0.4, -0.2) is 55.1 Å². The number of rotatable bonds is 11. The molecule has 3 aromatic rings. The zero-order valence-corrected chi connectivity index (χ0v) is 24.9. The normalized spacial score (nSPS) is 12.4. The fourth-order valence-corrected chi connectivity index (χ4v) is 5.49. The summed E-state index contributed by atoms with van der Waals surface area (Å²) >= 11 is 18.2. The SMILES string of the molecule is CC(C)NC(=O)[C@@H](Cc1ccccc1)N(Cc1ccc(Cl)c(Cl)c1)C(=O)CN(C)S(=O)(=O)c1ccc(Cl)cc1. The number of likely N-dealkylation sites (N-methyl/N-ethyl adjacent to an activating group) is 1. The Bertz CT molecular complexity index is 1400. The number of sulfonamides is 1. The average molecular weight is 611 g/mol. The van der Waals surface area contributed by atoms with Crippen molar-refractivity contribution in [3.05, 3.63) is 99.0 Å². The first-order valence-electron chi connectivity index (χ1n) is 12.2. The monoisotopic (exact) mass is 609 g/mol. The largest absolute Gasteiger partial charge is 0.352 e. The third-order valence-corrected chi connectivity index (χ3v) is 8.73. The van der Waals surface area contributed by atoms with Crippen LogP contribution in [0.5, 0.6) is 0 Å². The molecule has 0 unspecified atom stereocenters. The molecule has 0 heterocycles. The molecule has 0 fully saturated rings. The molecular weight excluding hydrogens is 581 g/mol. The van der Waals surface area contributed by atoms with Crippen LogP contribution in [0.3, 0.4) is 0 Å². The second-order valence-corrected chi connectivity index (χ2v) is 12.6. The Morgan fingerprint density at radius 2 is 1.51 bits per heavy atom. The molecule has 7 nitrogen and oxygen atoms in total. The molecule has 0 aliphatic heterocycles. The molecule has 0 saturated carbocycles. The lowest BCUT2D eigenvalue weighted by Gasteiger charge is -2.33. The molecule has 11 heteroatoms. The number of hydrogen-bond donors (Lipinski definition) is 1. The van der Waals surface area contributed by atoms with Crippen molar-refractivity contribution in [3.8, 4) is 0 Å². The maximum atomic E-state index is 13.8. The predicted molar refractivity (Wildman–Crippen MR) is 155 cm³/mol. The van der Waals surface area contributed by atoms with Gasteiger partial charge in [-0.15, -0.1) is 0 Å². The molecule has 0 saturated heterocycles. The fraction of sp³-hybridized carbons (Fsp3) is 0.286. The van der Waals surface area contributed by atoms with Crippen LogP contribution in [0.2, 0.25) is 15.1 Å². The first kappa shape index (κ1) is 30.9. The summed E-state index contributed by atoms with van der Waals surface area (Å²) in [4.78, 5) is 28.7. The van der Waals surface area contributed by atoms with Gasteiger partial charge >= 0.3 is 0 Å². The van der Waals surface area contributed by atoms with Gasteiger partial charge in [0.25, 0.3) is 0 Å². The number of benzene rings is 3. The van der Waals surface area contributed by atoms with Crippen LogP contribution in [0.25, 0.3) is 0 Å². The zero-order valence-electron chi connectivity index (χ0n) is 21.8. The summed E-state index contributed by atoms with van der Waals surface area (Å²) in [5.74, 6) is -0.911. The number of carbonyl (C=O) groups excluding carboxylic acids is 2. The van der Waals surface area contributed by atoms with E-state index in [1.807, 2.05) is 44.2 Å². The zero-order chi connectivity index (χ0) is 28.7. The Morgan fingerprint density at radius 1 is 0.872 bits per heavy atom. The lowest BCUT2D eigenvalue weighted by molar-refractivity contribution is -0.141. The minimum atomic E-state index is -4.01. The second kappa shape index (κ2) is 13.6. The predicted octanol–water partition coefficient (Wildman–Crippen LogP) is 5.43. The number of halogens is 3. The Hall–Kier alpha value is -2.62. The van der Waals surface area contributed by atoms with E-state index in [4.69, 9.17) is 34.8 Å². The molecule has 1 atom stereocenters. The molecule has 208 valence electrons. The highest BCUT2D eigenvalue weighted by Gasteiger charge is 2.33. The van der Waals surface area contributed by atoms with E-state index in [1.165, 1.54) is 36.2 Å². The highest BCUT2D eigenvalue weighted by Crippen LogP contribution is 2.25. The van der Waals surface area contributed by atoms with Crippen molar-refractivity contribution in [2.75, 3.05) is 13.6 Å². The van der Waals surface area contributed by atoms with Crippen molar-refractivity contribution < 1.29 is 18.0 Å². The number of carbonyl (C=O) groups is 2. The van der Waals surface area contributed by atoms with Crippen LogP contribution in [0.1, 0.15) is 25.0 Å². The van der Waals surface area contributed by atoms with Gasteiger partial charge in [-0.2, -0.15) is 4.31 Å². The molecule has 0 radical (unpaired) electrons. The minimum absolute atomic E-state index is 0.00313. The first-order chi connectivity index (χ1) is 18.4. The Labute approximate surface area is 244 Å². The topological polar surface area (TPSA) is 86.8 Å². The van der Waals surface area contributed by atoms with Gasteiger partial charge in [0.05, 0.1) is 21.5 Å². The summed E-state index contributed by atoms with van der Waals surface area (Å²) in [6.45, 7) is 3.17. The number of amides is 2. The fourth-order valence-electron chi connectivity index (χ4n) is 3.92. The molecule has 0 aliphatic carbocycles. The van der Waals surface area contributed by atoms with Crippen molar-refractivity contribution in [2.45, 2.75) is 43.8 Å². The van der Waals surface area contributed by atoms with Crippen LogP contribution >= 0.6 is 34.8 Å². The molecular formula is C28H30Cl3N3O4S. The van der Waals surface area contributed by atoms with Gasteiger partial charge in [0.15, 0.2) is 0 Å². The number of hydrogen-bond acceptors (Lipinski definition) is 4. The van der Waals surface area contributed by atoms with Gasteiger partial charge in [-0.1, -0.05) is 71.2 Å². The third kappa shape index (κ3) is 8.43. The third-order valence-electron chi connectivity index (χ3n) is 5.92. The minimum Gasteiger partial charge on any atom is -0.352 e. The highest BCUT2D eigenvalue weighted by atomic mass is 35.5. The van der Waals surface area contributed by atoms with Crippen LogP contribution in [0.15, 0.2) is 77.7 Å². The van der Waals surface area contributed by atoms with Gasteiger partial charge in [0.1, 0.15) is 6.04 Å². The van der Waals surface area contributed by atoms with E-state index in [0.717, 1.165) is 9.87 Å². The Kier molecular flexibility index (Phi) is 10.8. The molecule has 0 bridgehead atoms. The van der Waals surface area contributed by atoms with E-state index in [0.29, 0.717) is 20.6 Å². The molecule has 39 heavy (non-hydrogen) atoms. The summed E-state index contributed by atoms with van der Waals surface area (Å²) in [6, 6.07) is 18.8. The van der Waals surface area contributed by atoms with Crippen LogP contribution in [0.4, 0.5) is 0 Å². The summed E-state index contributed by atoms with van der Waals surface area (Å²) in [5, 5.41) is 3.94. The lowest BCUT2D eigenvalue weighted by atomic mass is 10.0. The van der Waals surface area contributed by atoms with Crippen LogP contribution < -0.4 is 5.32 Å². The van der Waals surface area contributed by atoms with Gasteiger partial charge in [0.2, 0.25) is 21.8 Å². The molecule has 0 aliphatic rings. The second-order valence-electron chi connectivity index (χ2n) is 9.35. The summed E-state index contributed by atoms with van der Waals surface area (Å²) in [7, 11) is -2.69. The van der Waals surface area contributed by atoms with Crippen molar-refractivity contribution in [1.82, 2.24) is 14.5 Å². The highest BCUT2D eigenvalue weighted by molar-refractivity contribution is 7.89. The van der Waals surface area contributed by atoms with Crippen LogP contribution in [0, 0.1) is 0 Å². The Balaban J connectivity index is 1.99. The van der Waals surface area contributed by atoms with E-state index >= 15 is 0 Å². The quantitative estimate of drug-likeness (QED) is 0.314. The maximum Gasteiger partial charge on any atom is 0.243 e. The van der Waals surface area contributed by atoms with E-state index in [2.05, 4.69) is 5.32 Å². The summed E-state index contributed by atoms with van der Waals surface area (Å²) in [5.41, 5.74) is 1.48. The average Bonchev–Trinajstić information content (AvgIpc) is 2.88. The van der Waals surface area contributed by atoms with Crippen LogP contribution in [-0.2, 0) is 32.6 Å². The van der Waals surface area contributed by atoms with Gasteiger partial charge in [-0.05, 0) is 61.4 Å². The molecule has 0 aromatic heterocycles. The number of nitrogens with one attached hydrogen (secondary N) is 1. The van der Waals surface area contributed by atoms with E-state index in [-0.39, 0.29) is 29.8 Å². The molecule has 0 spiro atoms. The van der Waals surface area contributed by atoms with Crippen molar-refractivity contribution in [3.63, 3.8) is 0 Å². The molecule has 3 rings (SSSR count). The van der Waals surface area contributed by atoms with Gasteiger partial charge in [0, 0.05) is 31.1 Å². The molecule has 2 amide bonds. The van der Waals surface area contributed by atoms with E-state index in [1.54, 1.807) is 18.2 Å². The van der Waals surface area contributed by atoms with Crippen molar-refractivity contribution in [2.24, 2.45) is 0 Å². The van der Waals surface area contributed by atoms with Crippen molar-refractivity contribution >= 4 is 56.6 Å². The number of nitrogens with zero attached hydrogens (tertiary/aromatic N) is 2. The smallest absolute Gasteiger partial charge is 0.243 e. The standard InChI is InChI=1S/C28H30Cl3N3O4S/c1-19(2)32-28(36)26(16-20-7-5-4-6-8-20)34(17-21-9-14-24(30)25(31)15-21)27(35)18-33(3)39(37,38)23-12-10-22(29)11-13-23/h4-15,19,26H,16-18H2,1-3H3,(H,32,36)/t26-/m1/s1. The van der Waals surface area contributed by atoms with Gasteiger partial charge < -0.3 is 10.2 Å².